The number of imide groups is 1. The van der Waals surface area contributed by atoms with Gasteiger partial charge in [0.25, 0.3) is 11.8 Å². The summed E-state index contributed by atoms with van der Waals surface area (Å²) >= 11 is 0. The molecule has 0 bridgehead atoms. The van der Waals surface area contributed by atoms with Gasteiger partial charge in [0.2, 0.25) is 0 Å². The van der Waals surface area contributed by atoms with Gasteiger partial charge in [-0.25, -0.2) is 0 Å². The zero-order valence-electron chi connectivity index (χ0n) is 10.6. The van der Waals surface area contributed by atoms with E-state index in [-0.39, 0.29) is 24.4 Å². The summed E-state index contributed by atoms with van der Waals surface area (Å²) in [5, 5.41) is 0. The molecule has 1 aromatic heterocycles. The lowest BCUT2D eigenvalue weighted by Crippen LogP contribution is -2.44. The molecule has 1 aromatic rings. The zero-order chi connectivity index (χ0) is 13.3. The fourth-order valence-corrected chi connectivity index (χ4v) is 2.29. The van der Waals surface area contributed by atoms with Crippen LogP contribution in [-0.2, 0) is 0 Å². The first-order valence-electron chi connectivity index (χ1n) is 6.08. The lowest BCUT2D eigenvalue weighted by atomic mass is 10.0. The molecule has 2 amide bonds. The molecule has 0 spiro atoms. The van der Waals surface area contributed by atoms with E-state index in [1.807, 2.05) is 13.8 Å². The second-order valence-electron chi connectivity index (χ2n) is 4.92. The number of pyridine rings is 1. The van der Waals surface area contributed by atoms with Gasteiger partial charge in [-0.05, 0) is 18.4 Å². The lowest BCUT2D eigenvalue weighted by Gasteiger charge is -2.26. The Balaban J connectivity index is 2.32. The van der Waals surface area contributed by atoms with Gasteiger partial charge in [0.05, 0.1) is 17.2 Å². The van der Waals surface area contributed by atoms with Crippen molar-refractivity contribution in [2.24, 2.45) is 11.7 Å². The van der Waals surface area contributed by atoms with E-state index in [2.05, 4.69) is 4.98 Å². The van der Waals surface area contributed by atoms with E-state index in [0.29, 0.717) is 17.0 Å². The smallest absolute Gasteiger partial charge is 0.263 e. The van der Waals surface area contributed by atoms with Crippen LogP contribution in [0.2, 0.25) is 0 Å². The van der Waals surface area contributed by atoms with E-state index in [4.69, 9.17) is 5.73 Å². The predicted octanol–water partition coefficient (Wildman–Crippen LogP) is 1.05. The summed E-state index contributed by atoms with van der Waals surface area (Å²) in [5.74, 6) is -0.159. The van der Waals surface area contributed by atoms with E-state index < -0.39 is 0 Å². The second kappa shape index (κ2) is 4.86. The third-order valence-electron chi connectivity index (χ3n) is 3.10. The van der Waals surface area contributed by atoms with Gasteiger partial charge >= 0.3 is 0 Å². The van der Waals surface area contributed by atoms with Crippen LogP contribution in [0.5, 0.6) is 0 Å². The molecule has 96 valence electrons. The van der Waals surface area contributed by atoms with Gasteiger partial charge in [-0.3, -0.25) is 19.5 Å². The predicted molar refractivity (Wildman–Crippen MR) is 67.0 cm³/mol. The summed E-state index contributed by atoms with van der Waals surface area (Å²) in [6.45, 7) is 4.38. The Morgan fingerprint density at radius 2 is 1.94 bits per heavy atom. The molecular formula is C13H17N3O2. The molecule has 1 aliphatic heterocycles. The van der Waals surface area contributed by atoms with Crippen LogP contribution in [0.25, 0.3) is 0 Å². The average Bonchev–Trinajstić information content (AvgIpc) is 2.60. The van der Waals surface area contributed by atoms with E-state index in [1.54, 1.807) is 6.07 Å². The van der Waals surface area contributed by atoms with Gasteiger partial charge < -0.3 is 5.73 Å². The number of nitrogens with zero attached hydrogens (tertiary/aromatic N) is 2. The van der Waals surface area contributed by atoms with E-state index in [1.165, 1.54) is 17.3 Å². The molecule has 0 fully saturated rings. The van der Waals surface area contributed by atoms with Crippen molar-refractivity contribution < 1.29 is 9.59 Å². The van der Waals surface area contributed by atoms with Crippen molar-refractivity contribution in [2.75, 3.05) is 6.54 Å². The van der Waals surface area contributed by atoms with Crippen molar-refractivity contribution >= 4 is 11.8 Å². The molecule has 18 heavy (non-hydrogen) atoms. The number of rotatable bonds is 4. The highest BCUT2D eigenvalue weighted by atomic mass is 16.2. The van der Waals surface area contributed by atoms with E-state index in [9.17, 15) is 9.59 Å². The van der Waals surface area contributed by atoms with Crippen molar-refractivity contribution in [3.63, 3.8) is 0 Å². The molecule has 0 saturated heterocycles. The Kier molecular flexibility index (Phi) is 3.43. The summed E-state index contributed by atoms with van der Waals surface area (Å²) in [5.41, 5.74) is 6.51. The number of carbonyl (C=O) groups is 2. The maximum absolute atomic E-state index is 12.2. The zero-order valence-corrected chi connectivity index (χ0v) is 10.6. The first-order valence-corrected chi connectivity index (χ1v) is 6.08. The number of carbonyl (C=O) groups excluding carboxylic acids is 2. The minimum absolute atomic E-state index is 0.239. The Labute approximate surface area is 106 Å². The van der Waals surface area contributed by atoms with Crippen molar-refractivity contribution in [1.29, 1.82) is 0 Å². The Hall–Kier alpha value is -1.75. The molecule has 1 unspecified atom stereocenters. The number of hydrogen-bond acceptors (Lipinski definition) is 4. The Morgan fingerprint density at radius 1 is 1.28 bits per heavy atom. The highest BCUT2D eigenvalue weighted by molar-refractivity contribution is 6.21. The summed E-state index contributed by atoms with van der Waals surface area (Å²) in [6, 6.07) is 1.34. The van der Waals surface area contributed by atoms with Crippen molar-refractivity contribution in [3.05, 3.63) is 29.6 Å². The fourth-order valence-electron chi connectivity index (χ4n) is 2.29. The van der Waals surface area contributed by atoms with Crippen LogP contribution < -0.4 is 5.73 Å². The van der Waals surface area contributed by atoms with Gasteiger partial charge in [-0.2, -0.15) is 0 Å². The molecule has 2 heterocycles. The minimum Gasteiger partial charge on any atom is -0.328 e. The van der Waals surface area contributed by atoms with Crippen LogP contribution in [0.4, 0.5) is 0 Å². The maximum Gasteiger partial charge on any atom is 0.263 e. The highest BCUT2D eigenvalue weighted by Crippen LogP contribution is 2.25. The minimum atomic E-state index is -0.279. The van der Waals surface area contributed by atoms with Crippen LogP contribution in [-0.4, -0.2) is 34.3 Å². The third kappa shape index (κ3) is 2.01. The van der Waals surface area contributed by atoms with Crippen molar-refractivity contribution in [1.82, 2.24) is 9.88 Å². The number of nitrogens with two attached hydrogens (primary N) is 1. The monoisotopic (exact) mass is 247 g/mol. The highest BCUT2D eigenvalue weighted by Gasteiger charge is 2.39. The molecule has 1 atom stereocenters. The van der Waals surface area contributed by atoms with Gasteiger partial charge in [-0.1, -0.05) is 13.8 Å². The molecule has 2 N–H and O–H groups in total. The molecule has 5 nitrogen and oxygen atoms in total. The quantitative estimate of drug-likeness (QED) is 0.807. The molecule has 1 aliphatic rings. The normalized spacial score (nSPS) is 16.3. The number of amides is 2. The van der Waals surface area contributed by atoms with Crippen LogP contribution in [0, 0.1) is 5.92 Å². The van der Waals surface area contributed by atoms with Gasteiger partial charge in [-0.15, -0.1) is 0 Å². The van der Waals surface area contributed by atoms with Gasteiger partial charge in [0.15, 0.2) is 0 Å². The first-order chi connectivity index (χ1) is 8.56. The lowest BCUT2D eigenvalue weighted by molar-refractivity contribution is 0.0572. The summed E-state index contributed by atoms with van der Waals surface area (Å²) in [4.78, 5) is 29.6. The third-order valence-corrected chi connectivity index (χ3v) is 3.10. The van der Waals surface area contributed by atoms with Crippen LogP contribution in [0.1, 0.15) is 41.0 Å². The summed E-state index contributed by atoms with van der Waals surface area (Å²) < 4.78 is 0. The maximum atomic E-state index is 12.2. The largest absolute Gasteiger partial charge is 0.328 e. The molecule has 5 heteroatoms. The number of fused-ring (bicyclic) bond motifs is 1. The van der Waals surface area contributed by atoms with E-state index in [0.717, 1.165) is 6.42 Å². The van der Waals surface area contributed by atoms with E-state index >= 15 is 0 Å². The number of hydrogen-bond donors (Lipinski definition) is 1. The molecular weight excluding hydrogens is 230 g/mol. The van der Waals surface area contributed by atoms with Crippen molar-refractivity contribution in [3.8, 4) is 0 Å². The molecule has 2 rings (SSSR count). The fraction of sp³-hybridized carbons (Fsp3) is 0.462. The average molecular weight is 247 g/mol. The number of aromatic nitrogens is 1. The summed E-state index contributed by atoms with van der Waals surface area (Å²) in [6.07, 6.45) is 3.68. The molecule has 0 radical (unpaired) electrons. The van der Waals surface area contributed by atoms with Crippen LogP contribution in [0.3, 0.4) is 0 Å². The molecule has 0 aliphatic carbocycles. The van der Waals surface area contributed by atoms with Crippen LogP contribution in [0.15, 0.2) is 18.5 Å². The molecule has 0 aromatic carbocycles. The molecule has 0 saturated carbocycles. The SMILES string of the molecule is CC(C)CC(CN)N1C(=O)c2ccncc2C1=O. The van der Waals surface area contributed by atoms with Crippen LogP contribution >= 0.6 is 0 Å². The first kappa shape index (κ1) is 12.7. The van der Waals surface area contributed by atoms with Gasteiger partial charge in [0, 0.05) is 18.9 Å². The standard InChI is InChI=1S/C13H17N3O2/c1-8(2)5-9(6-14)16-12(17)10-3-4-15-7-11(10)13(16)18/h3-4,7-9H,5-6,14H2,1-2H3. The second-order valence-corrected chi connectivity index (χ2v) is 4.92. The topological polar surface area (TPSA) is 76.3 Å². The van der Waals surface area contributed by atoms with Crippen molar-refractivity contribution in [2.45, 2.75) is 26.3 Å². The Bertz CT molecular complexity index is 450. The van der Waals surface area contributed by atoms with Gasteiger partial charge in [0.1, 0.15) is 0 Å². The Morgan fingerprint density at radius 3 is 2.50 bits per heavy atom. The summed E-state index contributed by atoms with van der Waals surface area (Å²) in [7, 11) is 0.